The SMILES string of the molecule is C=C1CC(=C)/C(=C\C(C)=C/C)C1.CC. The van der Waals surface area contributed by atoms with E-state index in [2.05, 4.69) is 39.2 Å². The van der Waals surface area contributed by atoms with E-state index in [4.69, 9.17) is 0 Å². The molecular weight excluding hydrogens is 168 g/mol. The van der Waals surface area contributed by atoms with E-state index < -0.39 is 0 Å². The zero-order valence-corrected chi connectivity index (χ0v) is 9.98. The summed E-state index contributed by atoms with van der Waals surface area (Å²) in [6.45, 7) is 16.2. The lowest BCUT2D eigenvalue weighted by Crippen LogP contribution is -1.77. The number of allylic oxidation sites excluding steroid dienone is 6. The van der Waals surface area contributed by atoms with Gasteiger partial charge in [-0.15, -0.1) is 0 Å². The van der Waals surface area contributed by atoms with E-state index in [9.17, 15) is 0 Å². The molecule has 0 saturated heterocycles. The second-order valence-corrected chi connectivity index (χ2v) is 3.41. The molecule has 0 heteroatoms. The first-order valence-electron chi connectivity index (χ1n) is 5.31. The second kappa shape index (κ2) is 6.42. The van der Waals surface area contributed by atoms with Crippen molar-refractivity contribution in [3.8, 4) is 0 Å². The maximum Gasteiger partial charge on any atom is -0.00638 e. The molecule has 0 N–H and O–H groups in total. The van der Waals surface area contributed by atoms with Gasteiger partial charge < -0.3 is 0 Å². The van der Waals surface area contributed by atoms with Crippen LogP contribution in [0.5, 0.6) is 0 Å². The molecule has 0 aliphatic heterocycles. The van der Waals surface area contributed by atoms with Crippen molar-refractivity contribution in [1.29, 1.82) is 0 Å². The molecule has 1 saturated carbocycles. The van der Waals surface area contributed by atoms with Crippen molar-refractivity contribution in [3.05, 3.63) is 47.6 Å². The maximum atomic E-state index is 4.02. The predicted octanol–water partition coefficient (Wildman–Crippen LogP) is 4.81. The average Bonchev–Trinajstić information content (AvgIpc) is 2.48. The van der Waals surface area contributed by atoms with Crippen LogP contribution >= 0.6 is 0 Å². The quantitative estimate of drug-likeness (QED) is 0.520. The van der Waals surface area contributed by atoms with E-state index in [0.29, 0.717) is 0 Å². The Bertz CT molecular complexity index is 274. The molecule has 14 heavy (non-hydrogen) atoms. The van der Waals surface area contributed by atoms with E-state index in [0.717, 1.165) is 12.8 Å². The number of rotatable bonds is 1. The lowest BCUT2D eigenvalue weighted by atomic mass is 10.1. The van der Waals surface area contributed by atoms with Crippen LogP contribution in [0, 0.1) is 0 Å². The Labute approximate surface area is 88.7 Å². The molecule has 0 amide bonds. The third-order valence-electron chi connectivity index (χ3n) is 2.22. The fourth-order valence-electron chi connectivity index (χ4n) is 1.38. The van der Waals surface area contributed by atoms with Crippen molar-refractivity contribution >= 4 is 0 Å². The smallest absolute Gasteiger partial charge is 0.00638 e. The largest absolute Gasteiger partial charge is 0.0992 e. The van der Waals surface area contributed by atoms with Gasteiger partial charge in [-0.2, -0.15) is 0 Å². The maximum absolute atomic E-state index is 4.02. The van der Waals surface area contributed by atoms with E-state index in [-0.39, 0.29) is 0 Å². The lowest BCUT2D eigenvalue weighted by Gasteiger charge is -1.97. The van der Waals surface area contributed by atoms with Gasteiger partial charge in [0, 0.05) is 0 Å². The van der Waals surface area contributed by atoms with Crippen molar-refractivity contribution < 1.29 is 0 Å². The van der Waals surface area contributed by atoms with Crippen LogP contribution in [0.15, 0.2) is 47.6 Å². The fourth-order valence-corrected chi connectivity index (χ4v) is 1.38. The normalized spacial score (nSPS) is 19.7. The van der Waals surface area contributed by atoms with Crippen LogP contribution in [0.25, 0.3) is 0 Å². The molecule has 0 aromatic heterocycles. The first-order valence-corrected chi connectivity index (χ1v) is 5.31. The molecule has 78 valence electrons. The Morgan fingerprint density at radius 3 is 2.14 bits per heavy atom. The topological polar surface area (TPSA) is 0 Å². The van der Waals surface area contributed by atoms with Gasteiger partial charge in [-0.05, 0) is 37.8 Å². The zero-order valence-electron chi connectivity index (χ0n) is 9.98. The van der Waals surface area contributed by atoms with Gasteiger partial charge in [0.05, 0.1) is 0 Å². The molecule has 0 aromatic carbocycles. The number of hydrogen-bond acceptors (Lipinski definition) is 0. The van der Waals surface area contributed by atoms with Gasteiger partial charge in [-0.25, -0.2) is 0 Å². The van der Waals surface area contributed by atoms with Crippen LogP contribution in [0.3, 0.4) is 0 Å². The van der Waals surface area contributed by atoms with Crippen LogP contribution in [-0.4, -0.2) is 0 Å². The summed E-state index contributed by atoms with van der Waals surface area (Å²) in [6, 6.07) is 0. The lowest BCUT2D eigenvalue weighted by molar-refractivity contribution is 1.21. The van der Waals surface area contributed by atoms with Crippen LogP contribution in [0.1, 0.15) is 40.5 Å². The highest BCUT2D eigenvalue weighted by Gasteiger charge is 2.13. The van der Waals surface area contributed by atoms with Crippen molar-refractivity contribution in [2.75, 3.05) is 0 Å². The molecular formula is C14H22. The summed E-state index contributed by atoms with van der Waals surface area (Å²) in [5.41, 5.74) is 5.19. The molecule has 1 aliphatic rings. The summed E-state index contributed by atoms with van der Waals surface area (Å²) < 4.78 is 0. The van der Waals surface area contributed by atoms with E-state index in [1.54, 1.807) is 0 Å². The van der Waals surface area contributed by atoms with Crippen LogP contribution in [-0.2, 0) is 0 Å². The van der Waals surface area contributed by atoms with Crippen LogP contribution in [0.4, 0.5) is 0 Å². The van der Waals surface area contributed by atoms with E-state index in [1.165, 1.54) is 22.3 Å². The monoisotopic (exact) mass is 190 g/mol. The summed E-state index contributed by atoms with van der Waals surface area (Å²) >= 11 is 0. The fraction of sp³-hybridized carbons (Fsp3) is 0.429. The summed E-state index contributed by atoms with van der Waals surface area (Å²) in [4.78, 5) is 0. The first kappa shape index (κ1) is 13.0. The minimum atomic E-state index is 0.989. The third kappa shape index (κ3) is 3.78. The van der Waals surface area contributed by atoms with E-state index >= 15 is 0 Å². The summed E-state index contributed by atoms with van der Waals surface area (Å²) in [6.07, 6.45) is 6.33. The Kier molecular flexibility index (Phi) is 5.94. The zero-order chi connectivity index (χ0) is 11.1. The second-order valence-electron chi connectivity index (χ2n) is 3.41. The predicted molar refractivity (Wildman–Crippen MR) is 66.4 cm³/mol. The molecule has 0 nitrogen and oxygen atoms in total. The van der Waals surface area contributed by atoms with Gasteiger partial charge in [-0.1, -0.05) is 50.3 Å². The molecule has 1 aliphatic carbocycles. The summed E-state index contributed by atoms with van der Waals surface area (Å²) in [5.74, 6) is 0. The van der Waals surface area contributed by atoms with Crippen molar-refractivity contribution in [2.45, 2.75) is 40.5 Å². The van der Waals surface area contributed by atoms with Crippen molar-refractivity contribution in [1.82, 2.24) is 0 Å². The minimum Gasteiger partial charge on any atom is -0.0992 e. The molecule has 0 atom stereocenters. The average molecular weight is 190 g/mol. The van der Waals surface area contributed by atoms with Gasteiger partial charge in [0.15, 0.2) is 0 Å². The molecule has 0 bridgehead atoms. The Morgan fingerprint density at radius 1 is 1.21 bits per heavy atom. The Hall–Kier alpha value is -1.04. The van der Waals surface area contributed by atoms with Gasteiger partial charge >= 0.3 is 0 Å². The standard InChI is InChI=1S/C12H16.C2H6/c1-5-9(2)7-12-8-10(3)6-11(12)4;1-2/h5,7H,3-4,6,8H2,1-2H3;1-2H3/b9-5-,12-7-;. The number of hydrogen-bond donors (Lipinski definition) is 0. The van der Waals surface area contributed by atoms with Gasteiger partial charge in [0.2, 0.25) is 0 Å². The molecule has 0 heterocycles. The highest BCUT2D eigenvalue weighted by molar-refractivity contribution is 5.45. The van der Waals surface area contributed by atoms with Crippen LogP contribution in [0.2, 0.25) is 0 Å². The molecule has 0 aromatic rings. The van der Waals surface area contributed by atoms with Gasteiger partial charge in [0.25, 0.3) is 0 Å². The van der Waals surface area contributed by atoms with Gasteiger partial charge in [0.1, 0.15) is 0 Å². The summed E-state index contributed by atoms with van der Waals surface area (Å²) in [7, 11) is 0. The Balaban J connectivity index is 0.000000791. The van der Waals surface area contributed by atoms with E-state index in [1.807, 2.05) is 13.8 Å². The molecule has 1 fully saturated rings. The third-order valence-corrected chi connectivity index (χ3v) is 2.22. The molecule has 1 rings (SSSR count). The van der Waals surface area contributed by atoms with Crippen molar-refractivity contribution in [3.63, 3.8) is 0 Å². The van der Waals surface area contributed by atoms with Crippen molar-refractivity contribution in [2.24, 2.45) is 0 Å². The highest BCUT2D eigenvalue weighted by Crippen LogP contribution is 2.32. The molecule has 0 radical (unpaired) electrons. The summed E-state index contributed by atoms with van der Waals surface area (Å²) in [5, 5.41) is 0. The van der Waals surface area contributed by atoms with Crippen LogP contribution < -0.4 is 0 Å². The highest BCUT2D eigenvalue weighted by atomic mass is 14.2. The molecule has 0 spiro atoms. The first-order chi connectivity index (χ1) is 6.63. The van der Waals surface area contributed by atoms with Gasteiger partial charge in [-0.3, -0.25) is 0 Å². The molecule has 0 unspecified atom stereocenters. The Morgan fingerprint density at radius 2 is 1.79 bits per heavy atom. The minimum absolute atomic E-state index is 0.989.